The summed E-state index contributed by atoms with van der Waals surface area (Å²) >= 11 is 3.39. The van der Waals surface area contributed by atoms with Crippen LogP contribution in [-0.4, -0.2) is 11.5 Å². The minimum Gasteiger partial charge on any atom is -0.327 e. The molecule has 2 rings (SSSR count). The second-order valence-corrected chi connectivity index (χ2v) is 4.44. The predicted molar refractivity (Wildman–Crippen MR) is 75.9 cm³/mol. The molecule has 0 fully saturated rings. The van der Waals surface area contributed by atoms with Crippen molar-refractivity contribution in [3.05, 3.63) is 54.0 Å². The van der Waals surface area contributed by atoms with Crippen LogP contribution in [0, 0.1) is 5.82 Å². The van der Waals surface area contributed by atoms with Crippen LogP contribution >= 0.6 is 15.9 Å². The summed E-state index contributed by atoms with van der Waals surface area (Å²) in [5, 5.41) is 0.795. The second kappa shape index (κ2) is 5.96. The number of pyridine rings is 1. The van der Waals surface area contributed by atoms with E-state index in [4.69, 9.17) is 0 Å². The third kappa shape index (κ3) is 2.88. The molecule has 18 heavy (non-hydrogen) atoms. The molecule has 1 heterocycles. The zero-order valence-electron chi connectivity index (χ0n) is 10.1. The first-order valence-corrected chi connectivity index (χ1v) is 6.90. The van der Waals surface area contributed by atoms with Gasteiger partial charge in [0.05, 0.1) is 0 Å². The quantitative estimate of drug-likeness (QED) is 0.784. The van der Waals surface area contributed by atoms with E-state index in [-0.39, 0.29) is 5.82 Å². The Morgan fingerprint density at radius 2 is 1.89 bits per heavy atom. The molecule has 2 aromatic rings. The maximum absolute atomic E-state index is 12.9. The Bertz CT molecular complexity index is 496. The Morgan fingerprint density at radius 1 is 1.17 bits per heavy atom. The van der Waals surface area contributed by atoms with Crippen molar-refractivity contribution >= 4 is 27.4 Å². The Balaban J connectivity index is 2.29. The van der Waals surface area contributed by atoms with Crippen LogP contribution in [0.5, 0.6) is 0 Å². The highest BCUT2D eigenvalue weighted by molar-refractivity contribution is 9.08. The molecule has 0 saturated carbocycles. The van der Waals surface area contributed by atoms with Gasteiger partial charge in [-0.05, 0) is 42.8 Å². The van der Waals surface area contributed by atoms with Gasteiger partial charge in [-0.1, -0.05) is 22.0 Å². The van der Waals surface area contributed by atoms with Gasteiger partial charge in [-0.15, -0.1) is 0 Å². The number of benzene rings is 1. The summed E-state index contributed by atoms with van der Waals surface area (Å²) in [4.78, 5) is 6.46. The molecule has 0 aliphatic rings. The fourth-order valence-corrected chi connectivity index (χ4v) is 2.08. The van der Waals surface area contributed by atoms with Crippen LogP contribution in [-0.2, 0) is 5.33 Å². The van der Waals surface area contributed by atoms with Crippen molar-refractivity contribution in [3.63, 3.8) is 0 Å². The van der Waals surface area contributed by atoms with E-state index in [0.717, 1.165) is 28.9 Å². The monoisotopic (exact) mass is 308 g/mol. The number of halogens is 2. The Hall–Kier alpha value is -1.42. The predicted octanol–water partition coefficient (Wildman–Crippen LogP) is 4.27. The van der Waals surface area contributed by atoms with Gasteiger partial charge >= 0.3 is 0 Å². The molecular formula is C14H14BrFN2. The number of aromatic nitrogens is 1. The number of alkyl halides is 1. The molecule has 0 spiro atoms. The van der Waals surface area contributed by atoms with Crippen molar-refractivity contribution in [2.75, 3.05) is 11.4 Å². The van der Waals surface area contributed by atoms with Crippen LogP contribution in [0.1, 0.15) is 12.5 Å². The number of anilines is 2. The van der Waals surface area contributed by atoms with Crippen molar-refractivity contribution in [2.24, 2.45) is 0 Å². The van der Waals surface area contributed by atoms with Gasteiger partial charge < -0.3 is 4.90 Å². The fourth-order valence-electron chi connectivity index (χ4n) is 1.75. The maximum atomic E-state index is 12.9. The average molecular weight is 309 g/mol. The Kier molecular flexibility index (Phi) is 4.31. The van der Waals surface area contributed by atoms with E-state index in [1.165, 1.54) is 12.1 Å². The summed E-state index contributed by atoms with van der Waals surface area (Å²) in [6.07, 6.45) is 1.84. The number of nitrogens with zero attached hydrogens (tertiary/aromatic N) is 2. The fraction of sp³-hybridized carbons (Fsp3) is 0.214. The Morgan fingerprint density at radius 3 is 2.39 bits per heavy atom. The zero-order valence-corrected chi connectivity index (χ0v) is 11.7. The van der Waals surface area contributed by atoms with E-state index >= 15 is 0 Å². The van der Waals surface area contributed by atoms with E-state index < -0.39 is 0 Å². The van der Waals surface area contributed by atoms with Gasteiger partial charge in [0, 0.05) is 23.8 Å². The normalized spacial score (nSPS) is 10.4. The smallest absolute Gasteiger partial charge is 0.132 e. The molecule has 0 saturated heterocycles. The Labute approximate surface area is 115 Å². The van der Waals surface area contributed by atoms with Crippen molar-refractivity contribution in [2.45, 2.75) is 12.3 Å². The zero-order chi connectivity index (χ0) is 13.0. The van der Waals surface area contributed by atoms with E-state index in [1.54, 1.807) is 12.1 Å². The molecule has 0 aliphatic carbocycles. The van der Waals surface area contributed by atoms with E-state index in [1.807, 2.05) is 30.2 Å². The van der Waals surface area contributed by atoms with Gasteiger partial charge in [0.2, 0.25) is 0 Å². The minimum absolute atomic E-state index is 0.225. The topological polar surface area (TPSA) is 16.1 Å². The molecule has 0 atom stereocenters. The highest BCUT2D eigenvalue weighted by Crippen LogP contribution is 2.23. The summed E-state index contributed by atoms with van der Waals surface area (Å²) in [6, 6.07) is 10.5. The molecule has 2 nitrogen and oxygen atoms in total. The number of rotatable bonds is 4. The summed E-state index contributed by atoms with van der Waals surface area (Å²) in [5.41, 5.74) is 2.08. The van der Waals surface area contributed by atoms with Crippen molar-refractivity contribution in [1.29, 1.82) is 0 Å². The average Bonchev–Trinajstić information content (AvgIpc) is 2.42. The lowest BCUT2D eigenvalue weighted by atomic mass is 10.2. The lowest BCUT2D eigenvalue weighted by Crippen LogP contribution is -2.17. The minimum atomic E-state index is -0.225. The molecule has 0 N–H and O–H groups in total. The molecule has 0 bridgehead atoms. The lowest BCUT2D eigenvalue weighted by molar-refractivity contribution is 0.628. The highest BCUT2D eigenvalue weighted by Gasteiger charge is 2.08. The summed E-state index contributed by atoms with van der Waals surface area (Å²) in [5.74, 6) is 0.645. The van der Waals surface area contributed by atoms with Gasteiger partial charge in [0.1, 0.15) is 11.6 Å². The first kappa shape index (κ1) is 13.0. The van der Waals surface area contributed by atoms with Crippen LogP contribution in [0.2, 0.25) is 0 Å². The largest absolute Gasteiger partial charge is 0.327 e. The molecule has 0 unspecified atom stereocenters. The first-order valence-electron chi connectivity index (χ1n) is 5.78. The lowest BCUT2D eigenvalue weighted by Gasteiger charge is -2.22. The third-order valence-corrected chi connectivity index (χ3v) is 3.34. The van der Waals surface area contributed by atoms with Crippen LogP contribution in [0.4, 0.5) is 15.9 Å². The first-order chi connectivity index (χ1) is 8.74. The summed E-state index contributed by atoms with van der Waals surface area (Å²) in [6.45, 7) is 2.83. The van der Waals surface area contributed by atoms with Crippen LogP contribution in [0.3, 0.4) is 0 Å². The second-order valence-electron chi connectivity index (χ2n) is 3.88. The maximum Gasteiger partial charge on any atom is 0.132 e. The molecule has 0 radical (unpaired) electrons. The van der Waals surface area contributed by atoms with Gasteiger partial charge in [-0.3, -0.25) is 0 Å². The van der Waals surface area contributed by atoms with Gasteiger partial charge in [0.25, 0.3) is 0 Å². The summed E-state index contributed by atoms with van der Waals surface area (Å²) < 4.78 is 12.9. The number of hydrogen-bond donors (Lipinski definition) is 0. The van der Waals surface area contributed by atoms with Crippen LogP contribution < -0.4 is 4.90 Å². The summed E-state index contributed by atoms with van der Waals surface area (Å²) in [7, 11) is 0. The van der Waals surface area contributed by atoms with Crippen molar-refractivity contribution < 1.29 is 4.39 Å². The third-order valence-electron chi connectivity index (χ3n) is 2.69. The van der Waals surface area contributed by atoms with Gasteiger partial charge in [-0.25, -0.2) is 9.37 Å². The van der Waals surface area contributed by atoms with Gasteiger partial charge in [0.15, 0.2) is 0 Å². The SMILES string of the molecule is CCN(c1ccc(F)cc1)c1ccc(CBr)cn1. The van der Waals surface area contributed by atoms with Crippen LogP contribution in [0.15, 0.2) is 42.6 Å². The molecule has 94 valence electrons. The van der Waals surface area contributed by atoms with E-state index in [2.05, 4.69) is 20.9 Å². The molecule has 0 aliphatic heterocycles. The van der Waals surface area contributed by atoms with Crippen LogP contribution in [0.25, 0.3) is 0 Å². The van der Waals surface area contributed by atoms with Crippen molar-refractivity contribution in [1.82, 2.24) is 4.98 Å². The van der Waals surface area contributed by atoms with E-state index in [9.17, 15) is 4.39 Å². The van der Waals surface area contributed by atoms with Crippen molar-refractivity contribution in [3.8, 4) is 0 Å². The van der Waals surface area contributed by atoms with E-state index in [0.29, 0.717) is 0 Å². The molecule has 4 heteroatoms. The standard InChI is InChI=1S/C14H14BrFN2/c1-2-18(13-6-4-12(16)5-7-13)14-8-3-11(9-15)10-17-14/h3-8,10H,2,9H2,1H3. The van der Waals surface area contributed by atoms with Gasteiger partial charge in [-0.2, -0.15) is 0 Å². The molecule has 0 amide bonds. The highest BCUT2D eigenvalue weighted by atomic mass is 79.9. The molecular weight excluding hydrogens is 295 g/mol. The molecule has 1 aromatic heterocycles. The number of hydrogen-bond acceptors (Lipinski definition) is 2. The molecule has 1 aromatic carbocycles.